The Labute approximate surface area is 189 Å². The van der Waals surface area contributed by atoms with Crippen LogP contribution >= 0.6 is 22.7 Å². The number of carbonyl (C=O) groups is 1. The van der Waals surface area contributed by atoms with Gasteiger partial charge in [0.15, 0.2) is 0 Å². The maximum absolute atomic E-state index is 12.3. The predicted octanol–water partition coefficient (Wildman–Crippen LogP) is 2.74. The van der Waals surface area contributed by atoms with Gasteiger partial charge >= 0.3 is 0 Å². The summed E-state index contributed by atoms with van der Waals surface area (Å²) in [7, 11) is 3.77. The first-order chi connectivity index (χ1) is 15.1. The van der Waals surface area contributed by atoms with Crippen molar-refractivity contribution >= 4 is 33.7 Å². The zero-order chi connectivity index (χ0) is 21.6. The molecule has 1 fully saturated rings. The smallest absolute Gasteiger partial charge is 0.232 e. The number of hydrogen-bond donors (Lipinski definition) is 1. The molecule has 0 aliphatic carbocycles. The topological polar surface area (TPSA) is 83.5 Å². The number of carbonyl (C=O) groups excluding carboxylic acids is 1. The molecule has 0 saturated carbocycles. The zero-order valence-corrected chi connectivity index (χ0v) is 19.3. The number of likely N-dealkylation sites (N-methyl/N-ethyl adjacent to an activating group) is 1. The lowest BCUT2D eigenvalue weighted by Crippen LogP contribution is -2.43. The average Bonchev–Trinajstić information content (AvgIpc) is 3.40. The van der Waals surface area contributed by atoms with E-state index in [0.29, 0.717) is 11.7 Å². The monoisotopic (exact) mass is 458 g/mol. The van der Waals surface area contributed by atoms with Gasteiger partial charge in [-0.15, -0.1) is 21.5 Å². The highest BCUT2D eigenvalue weighted by Crippen LogP contribution is 2.25. The summed E-state index contributed by atoms with van der Waals surface area (Å²) in [6.45, 7) is 5.76. The van der Waals surface area contributed by atoms with E-state index in [-0.39, 0.29) is 12.3 Å². The van der Waals surface area contributed by atoms with E-state index in [4.69, 9.17) is 4.74 Å². The highest BCUT2D eigenvalue weighted by molar-refractivity contribution is 7.15. The van der Waals surface area contributed by atoms with Gasteiger partial charge in [-0.25, -0.2) is 4.98 Å². The van der Waals surface area contributed by atoms with Crippen molar-refractivity contribution in [1.29, 1.82) is 0 Å². The number of thiazole rings is 1. The molecule has 0 atom stereocenters. The highest BCUT2D eigenvalue weighted by atomic mass is 32.1. The Morgan fingerprint density at radius 1 is 1.23 bits per heavy atom. The maximum Gasteiger partial charge on any atom is 0.232 e. The van der Waals surface area contributed by atoms with Gasteiger partial charge in [-0.3, -0.25) is 9.69 Å². The van der Waals surface area contributed by atoms with Crippen LogP contribution in [-0.2, 0) is 29.1 Å². The van der Waals surface area contributed by atoms with Gasteiger partial charge in [0, 0.05) is 50.8 Å². The van der Waals surface area contributed by atoms with Crippen molar-refractivity contribution in [3.8, 4) is 10.6 Å². The molecule has 4 rings (SSSR count). The number of hydrogen-bond acceptors (Lipinski definition) is 9. The quantitative estimate of drug-likeness (QED) is 0.556. The lowest BCUT2D eigenvalue weighted by Gasteiger charge is -2.32. The normalized spacial score (nSPS) is 15.3. The van der Waals surface area contributed by atoms with Crippen LogP contribution in [0.2, 0.25) is 0 Å². The number of piperazine rings is 1. The van der Waals surface area contributed by atoms with E-state index in [1.54, 1.807) is 18.4 Å². The molecule has 0 unspecified atom stereocenters. The van der Waals surface area contributed by atoms with Crippen LogP contribution in [0.4, 0.5) is 5.13 Å². The van der Waals surface area contributed by atoms with Crippen molar-refractivity contribution in [2.75, 3.05) is 45.7 Å². The van der Waals surface area contributed by atoms with Gasteiger partial charge in [-0.05, 0) is 18.7 Å². The van der Waals surface area contributed by atoms with Crippen LogP contribution in [0.15, 0.2) is 29.6 Å². The molecule has 1 N–H and O–H groups in total. The van der Waals surface area contributed by atoms with Gasteiger partial charge in [-0.2, -0.15) is 0 Å². The van der Waals surface area contributed by atoms with Crippen molar-refractivity contribution in [2.24, 2.45) is 0 Å². The van der Waals surface area contributed by atoms with Crippen LogP contribution in [-0.4, -0.2) is 71.2 Å². The number of benzene rings is 1. The van der Waals surface area contributed by atoms with E-state index in [2.05, 4.69) is 61.6 Å². The Balaban J connectivity index is 1.35. The minimum absolute atomic E-state index is 0.152. The lowest BCUT2D eigenvalue weighted by molar-refractivity contribution is -0.115. The molecule has 1 aromatic carbocycles. The molecule has 3 heterocycles. The Morgan fingerprint density at radius 3 is 2.87 bits per heavy atom. The summed E-state index contributed by atoms with van der Waals surface area (Å²) in [6, 6.07) is 8.54. The molecular weight excluding hydrogens is 432 g/mol. The van der Waals surface area contributed by atoms with Gasteiger partial charge < -0.3 is 15.0 Å². The molecule has 1 aliphatic rings. The van der Waals surface area contributed by atoms with Crippen LogP contribution in [0, 0.1) is 0 Å². The van der Waals surface area contributed by atoms with Crippen molar-refractivity contribution in [3.63, 3.8) is 0 Å². The van der Waals surface area contributed by atoms with E-state index in [1.807, 2.05) is 5.38 Å². The summed E-state index contributed by atoms with van der Waals surface area (Å²) in [5.74, 6) is -0.152. The fraction of sp³-hybridized carbons (Fsp3) is 0.429. The molecular formula is C21H26N6O2S2. The van der Waals surface area contributed by atoms with Crippen LogP contribution < -0.4 is 5.32 Å². The Kier molecular flexibility index (Phi) is 7.36. The first-order valence-electron chi connectivity index (χ1n) is 10.1. The summed E-state index contributed by atoms with van der Waals surface area (Å²) in [6.07, 6.45) is 0.205. The molecule has 10 heteroatoms. The second-order valence-electron chi connectivity index (χ2n) is 7.58. The van der Waals surface area contributed by atoms with Crippen LogP contribution in [0.1, 0.15) is 16.3 Å². The van der Waals surface area contributed by atoms with Crippen molar-refractivity contribution in [1.82, 2.24) is 25.0 Å². The summed E-state index contributed by atoms with van der Waals surface area (Å²) < 4.78 is 5.02. The molecule has 164 valence electrons. The summed E-state index contributed by atoms with van der Waals surface area (Å²) in [5, 5.41) is 14.8. The van der Waals surface area contributed by atoms with Gasteiger partial charge in [0.1, 0.15) is 16.6 Å². The molecule has 1 aliphatic heterocycles. The predicted molar refractivity (Wildman–Crippen MR) is 123 cm³/mol. The Bertz CT molecular complexity index is 1010. The number of ether oxygens (including phenoxy) is 1. The third-order valence-electron chi connectivity index (χ3n) is 5.05. The number of methoxy groups -OCH3 is 1. The van der Waals surface area contributed by atoms with E-state index in [0.717, 1.165) is 54.0 Å². The fourth-order valence-electron chi connectivity index (χ4n) is 3.40. The lowest BCUT2D eigenvalue weighted by atomic mass is 10.1. The minimum Gasteiger partial charge on any atom is -0.377 e. The van der Waals surface area contributed by atoms with E-state index < -0.39 is 0 Å². The van der Waals surface area contributed by atoms with Gasteiger partial charge in [0.2, 0.25) is 11.0 Å². The second kappa shape index (κ2) is 10.4. The van der Waals surface area contributed by atoms with Gasteiger partial charge in [0.25, 0.3) is 0 Å². The first-order valence-corrected chi connectivity index (χ1v) is 11.8. The van der Waals surface area contributed by atoms with E-state index in [9.17, 15) is 4.79 Å². The number of anilines is 1. The Hall–Kier alpha value is -2.24. The molecule has 0 spiro atoms. The fourth-order valence-corrected chi connectivity index (χ4v) is 4.95. The van der Waals surface area contributed by atoms with E-state index in [1.165, 1.54) is 16.9 Å². The van der Waals surface area contributed by atoms with Crippen molar-refractivity contribution in [3.05, 3.63) is 45.9 Å². The van der Waals surface area contributed by atoms with E-state index >= 15 is 0 Å². The molecule has 2 aromatic heterocycles. The third-order valence-corrected chi connectivity index (χ3v) is 6.80. The molecule has 0 radical (unpaired) electrons. The summed E-state index contributed by atoms with van der Waals surface area (Å²) >= 11 is 2.87. The number of amides is 1. The molecule has 0 bridgehead atoms. The molecule has 31 heavy (non-hydrogen) atoms. The van der Waals surface area contributed by atoms with Crippen molar-refractivity contribution in [2.45, 2.75) is 19.6 Å². The Morgan fingerprint density at radius 2 is 2.06 bits per heavy atom. The summed E-state index contributed by atoms with van der Waals surface area (Å²) in [4.78, 5) is 21.9. The van der Waals surface area contributed by atoms with Crippen molar-refractivity contribution < 1.29 is 9.53 Å². The molecule has 1 amide bonds. The number of aromatic nitrogens is 3. The molecule has 8 nitrogen and oxygen atoms in total. The minimum atomic E-state index is -0.152. The van der Waals surface area contributed by atoms with Crippen LogP contribution in [0.5, 0.6) is 0 Å². The van der Waals surface area contributed by atoms with Crippen LogP contribution in [0.3, 0.4) is 0 Å². The number of nitrogens with zero attached hydrogens (tertiary/aromatic N) is 5. The zero-order valence-electron chi connectivity index (χ0n) is 17.7. The van der Waals surface area contributed by atoms with Gasteiger partial charge in [-0.1, -0.05) is 29.5 Å². The SMILES string of the molecule is COCc1nnc(NC(=O)Cc2csc(-c3cccc(CN4CCN(C)CC4)c3)n2)s1. The first kappa shape index (κ1) is 22.0. The second-order valence-corrected chi connectivity index (χ2v) is 9.50. The number of rotatable bonds is 8. The summed E-state index contributed by atoms with van der Waals surface area (Å²) in [5.41, 5.74) is 3.14. The average molecular weight is 459 g/mol. The standard InChI is InChI=1S/C21H26N6O2S2/c1-26-6-8-27(9-7-26)12-15-4-3-5-16(10-15)20-22-17(14-30-20)11-18(28)23-21-25-24-19(31-21)13-29-2/h3-5,10,14H,6-9,11-13H2,1-2H3,(H,23,25,28). The van der Waals surface area contributed by atoms with Gasteiger partial charge in [0.05, 0.1) is 12.1 Å². The largest absolute Gasteiger partial charge is 0.377 e. The molecule has 1 saturated heterocycles. The van der Waals surface area contributed by atoms with Crippen LogP contribution in [0.25, 0.3) is 10.6 Å². The molecule has 3 aromatic rings. The third kappa shape index (κ3) is 6.14. The highest BCUT2D eigenvalue weighted by Gasteiger charge is 2.15. The maximum atomic E-state index is 12.3. The number of nitrogens with one attached hydrogen (secondary N) is 1.